The van der Waals surface area contributed by atoms with Crippen LogP contribution in [0.25, 0.3) is 17.0 Å². The van der Waals surface area contributed by atoms with Crippen molar-refractivity contribution in [2.24, 2.45) is 0 Å². The molecule has 170 valence electrons. The van der Waals surface area contributed by atoms with E-state index in [-0.39, 0.29) is 0 Å². The molecule has 0 aromatic carbocycles. The molecule has 2 aliphatic rings. The Bertz CT molecular complexity index is 1110. The van der Waals surface area contributed by atoms with E-state index in [4.69, 9.17) is 19.8 Å². The van der Waals surface area contributed by atoms with E-state index in [1.165, 1.54) is 12.8 Å². The number of aryl methyl sites for hydroxylation is 3. The highest BCUT2D eigenvalue weighted by Gasteiger charge is 2.24. The number of methoxy groups -OCH3 is 1. The molecule has 3 aromatic heterocycles. The molecule has 0 spiro atoms. The first-order chi connectivity index (χ1) is 15.5. The summed E-state index contributed by atoms with van der Waals surface area (Å²) in [6, 6.07) is 4.61. The molecule has 4 heterocycles. The number of hydrogen-bond donors (Lipinski definition) is 1. The second-order valence-corrected chi connectivity index (χ2v) is 9.18. The summed E-state index contributed by atoms with van der Waals surface area (Å²) in [6.07, 6.45) is 7.19. The zero-order chi connectivity index (χ0) is 22.2. The predicted octanol–water partition coefficient (Wildman–Crippen LogP) is 4.08. The van der Waals surface area contributed by atoms with Gasteiger partial charge in [-0.2, -0.15) is 9.61 Å². The predicted molar refractivity (Wildman–Crippen MR) is 126 cm³/mol. The lowest BCUT2D eigenvalue weighted by atomic mass is 9.93. The summed E-state index contributed by atoms with van der Waals surface area (Å²) in [5.41, 5.74) is 5.27. The molecule has 0 amide bonds. The van der Waals surface area contributed by atoms with Gasteiger partial charge in [0.15, 0.2) is 5.65 Å². The van der Waals surface area contributed by atoms with Crippen molar-refractivity contribution in [1.29, 1.82) is 0 Å². The number of nitrogens with zero attached hydrogens (tertiary/aromatic N) is 6. The first kappa shape index (κ1) is 21.1. The van der Waals surface area contributed by atoms with Crippen LogP contribution < -0.4 is 10.2 Å². The molecule has 5 rings (SSSR count). The van der Waals surface area contributed by atoms with Gasteiger partial charge < -0.3 is 15.0 Å². The number of hydrogen-bond acceptors (Lipinski definition) is 7. The fourth-order valence-electron chi connectivity index (χ4n) is 4.90. The lowest BCUT2D eigenvalue weighted by Gasteiger charge is -2.29. The van der Waals surface area contributed by atoms with Gasteiger partial charge in [-0.3, -0.25) is 4.98 Å². The minimum absolute atomic E-state index is 0.383. The van der Waals surface area contributed by atoms with Gasteiger partial charge in [0, 0.05) is 38.4 Å². The van der Waals surface area contributed by atoms with Gasteiger partial charge in [0.1, 0.15) is 23.0 Å². The number of anilines is 2. The number of fused-ring (bicyclic) bond motifs is 1. The number of rotatable bonds is 5. The van der Waals surface area contributed by atoms with Crippen LogP contribution >= 0.6 is 0 Å². The van der Waals surface area contributed by atoms with Crippen molar-refractivity contribution < 1.29 is 4.74 Å². The molecule has 3 aromatic rings. The molecule has 32 heavy (non-hydrogen) atoms. The summed E-state index contributed by atoms with van der Waals surface area (Å²) < 4.78 is 7.49. The largest absolute Gasteiger partial charge is 0.381 e. The molecule has 1 saturated heterocycles. The molecule has 0 atom stereocenters. The molecule has 1 saturated carbocycles. The van der Waals surface area contributed by atoms with E-state index in [1.807, 2.05) is 38.5 Å². The number of ether oxygens (including phenoxy) is 1. The van der Waals surface area contributed by atoms with Crippen LogP contribution in [-0.2, 0) is 4.74 Å². The summed E-state index contributed by atoms with van der Waals surface area (Å²) in [4.78, 5) is 16.8. The maximum atomic E-state index is 5.55. The van der Waals surface area contributed by atoms with Crippen molar-refractivity contribution in [3.8, 4) is 11.4 Å². The Labute approximate surface area is 189 Å². The van der Waals surface area contributed by atoms with Gasteiger partial charge in [0.2, 0.25) is 0 Å². The standard InChI is InChI=1S/C24H33N7O/c1-15-16(2)26-24(17(3)25-15)20-13-22-28-21(30-11-5-6-12-30)14-23(31(22)29-20)27-18-7-9-19(32-4)10-8-18/h13-14,18-19,27H,5-12H2,1-4H3/t18-,19-. The molecule has 0 unspecified atom stereocenters. The first-order valence-electron chi connectivity index (χ1n) is 11.8. The average Bonchev–Trinajstić information content (AvgIpc) is 3.47. The molecule has 2 fully saturated rings. The van der Waals surface area contributed by atoms with E-state index in [1.54, 1.807) is 0 Å². The summed E-state index contributed by atoms with van der Waals surface area (Å²) in [5, 5.41) is 8.70. The molecule has 8 heteroatoms. The maximum Gasteiger partial charge on any atom is 0.160 e. The second kappa shape index (κ2) is 8.65. The molecular weight excluding hydrogens is 402 g/mol. The lowest BCUT2D eigenvalue weighted by molar-refractivity contribution is 0.0681. The van der Waals surface area contributed by atoms with E-state index < -0.39 is 0 Å². The Morgan fingerprint density at radius 3 is 2.34 bits per heavy atom. The van der Waals surface area contributed by atoms with Crippen molar-refractivity contribution in [3.63, 3.8) is 0 Å². The van der Waals surface area contributed by atoms with Crippen LogP contribution in [-0.4, -0.2) is 56.9 Å². The van der Waals surface area contributed by atoms with Gasteiger partial charge in [-0.15, -0.1) is 0 Å². The Kier molecular flexibility index (Phi) is 5.71. The summed E-state index contributed by atoms with van der Waals surface area (Å²) in [6.45, 7) is 8.10. The summed E-state index contributed by atoms with van der Waals surface area (Å²) in [7, 11) is 1.82. The van der Waals surface area contributed by atoms with Crippen LogP contribution in [0.5, 0.6) is 0 Å². The summed E-state index contributed by atoms with van der Waals surface area (Å²) in [5.74, 6) is 2.02. The van der Waals surface area contributed by atoms with Gasteiger partial charge in [-0.25, -0.2) is 9.97 Å². The second-order valence-electron chi connectivity index (χ2n) is 9.18. The Morgan fingerprint density at radius 2 is 1.62 bits per heavy atom. The van der Waals surface area contributed by atoms with Crippen LogP contribution in [0, 0.1) is 20.8 Å². The zero-order valence-electron chi connectivity index (χ0n) is 19.6. The molecule has 1 aliphatic carbocycles. The highest BCUT2D eigenvalue weighted by atomic mass is 16.5. The molecule has 1 N–H and O–H groups in total. The van der Waals surface area contributed by atoms with E-state index >= 15 is 0 Å². The van der Waals surface area contributed by atoms with E-state index in [9.17, 15) is 0 Å². The highest BCUT2D eigenvalue weighted by Crippen LogP contribution is 2.29. The molecule has 8 nitrogen and oxygen atoms in total. The smallest absolute Gasteiger partial charge is 0.160 e. The van der Waals surface area contributed by atoms with Crippen molar-refractivity contribution >= 4 is 17.3 Å². The van der Waals surface area contributed by atoms with Crippen LogP contribution in [0.2, 0.25) is 0 Å². The summed E-state index contributed by atoms with van der Waals surface area (Å²) >= 11 is 0. The SMILES string of the molecule is CO[C@H]1CC[C@H](Nc2cc(N3CCCC3)nc3cc(-c4nc(C)c(C)nc4C)nn23)CC1. The number of nitrogens with one attached hydrogen (secondary N) is 1. The lowest BCUT2D eigenvalue weighted by Crippen LogP contribution is -2.30. The van der Waals surface area contributed by atoms with Gasteiger partial charge in [-0.05, 0) is 59.3 Å². The fraction of sp³-hybridized carbons (Fsp3) is 0.583. The van der Waals surface area contributed by atoms with Crippen molar-refractivity contribution in [3.05, 3.63) is 29.2 Å². The quantitative estimate of drug-likeness (QED) is 0.647. The van der Waals surface area contributed by atoms with Crippen molar-refractivity contribution in [2.45, 2.75) is 71.4 Å². The molecule has 0 radical (unpaired) electrons. The van der Waals surface area contributed by atoms with Crippen LogP contribution in [0.1, 0.15) is 55.6 Å². The van der Waals surface area contributed by atoms with E-state index in [0.29, 0.717) is 12.1 Å². The van der Waals surface area contributed by atoms with E-state index in [0.717, 1.165) is 84.5 Å². The van der Waals surface area contributed by atoms with Crippen LogP contribution in [0.4, 0.5) is 11.6 Å². The third kappa shape index (κ3) is 4.03. The topological polar surface area (TPSA) is 80.5 Å². The van der Waals surface area contributed by atoms with Gasteiger partial charge in [0.25, 0.3) is 0 Å². The average molecular weight is 436 g/mol. The molecular formula is C24H33N7O. The number of aromatic nitrogens is 5. The third-order valence-corrected chi connectivity index (χ3v) is 6.93. The van der Waals surface area contributed by atoms with Gasteiger partial charge in [-0.1, -0.05) is 0 Å². The monoisotopic (exact) mass is 435 g/mol. The normalized spacial score (nSPS) is 21.4. The minimum atomic E-state index is 0.383. The maximum absolute atomic E-state index is 5.55. The van der Waals surface area contributed by atoms with Crippen molar-refractivity contribution in [1.82, 2.24) is 24.6 Å². The molecule has 0 bridgehead atoms. The fourth-order valence-corrected chi connectivity index (χ4v) is 4.90. The van der Waals surface area contributed by atoms with Crippen molar-refractivity contribution in [2.75, 3.05) is 30.4 Å². The first-order valence-corrected chi connectivity index (χ1v) is 11.8. The van der Waals surface area contributed by atoms with Gasteiger partial charge >= 0.3 is 0 Å². The van der Waals surface area contributed by atoms with Crippen LogP contribution in [0.15, 0.2) is 12.1 Å². The van der Waals surface area contributed by atoms with E-state index in [2.05, 4.69) is 21.3 Å². The Morgan fingerprint density at radius 1 is 0.906 bits per heavy atom. The zero-order valence-corrected chi connectivity index (χ0v) is 19.6. The Hall–Kier alpha value is -2.74. The van der Waals surface area contributed by atoms with Gasteiger partial charge in [0.05, 0.1) is 23.2 Å². The minimum Gasteiger partial charge on any atom is -0.381 e. The Balaban J connectivity index is 1.54. The highest BCUT2D eigenvalue weighted by molar-refractivity contribution is 5.67. The third-order valence-electron chi connectivity index (χ3n) is 6.93. The van der Waals surface area contributed by atoms with Crippen LogP contribution in [0.3, 0.4) is 0 Å². The molecule has 1 aliphatic heterocycles.